The molecule has 1 heterocycles. The number of nitrogens with zero attached hydrogens (tertiary/aromatic N) is 2. The number of carbonyl (C=O) groups is 1. The van der Waals surface area contributed by atoms with Crippen LogP contribution in [0.5, 0.6) is 0 Å². The number of ether oxygens (including phenoxy) is 1. The van der Waals surface area contributed by atoms with Crippen molar-refractivity contribution < 1.29 is 9.53 Å². The molecular weight excluding hydrogens is 204 g/mol. The summed E-state index contributed by atoms with van der Waals surface area (Å²) in [7, 11) is 0. The predicted octanol–water partition coefficient (Wildman–Crippen LogP) is 2.54. The highest BCUT2D eigenvalue weighted by Crippen LogP contribution is 2.06. The standard InChI is InChI=1S/C10H10N2O2.C2H6/c1-7(2)14-10(13)9-8(6-11)4-3-5-12-9;1-2/h3-5,7H,1-2H3;1-2H3. The third kappa shape index (κ3) is 4.09. The third-order valence-corrected chi connectivity index (χ3v) is 1.46. The number of nitriles is 1. The van der Waals surface area contributed by atoms with Crippen molar-refractivity contribution >= 4 is 5.97 Å². The first kappa shape index (κ1) is 14.1. The van der Waals surface area contributed by atoms with Crippen molar-refractivity contribution in [2.75, 3.05) is 0 Å². The molecule has 0 aliphatic heterocycles. The fourth-order valence-electron chi connectivity index (χ4n) is 0.928. The van der Waals surface area contributed by atoms with Gasteiger partial charge < -0.3 is 4.74 Å². The molecule has 0 aliphatic carbocycles. The van der Waals surface area contributed by atoms with Crippen molar-refractivity contribution in [2.24, 2.45) is 0 Å². The van der Waals surface area contributed by atoms with Crippen LogP contribution < -0.4 is 0 Å². The second-order valence-corrected chi connectivity index (χ2v) is 2.97. The molecule has 0 fully saturated rings. The number of esters is 1. The van der Waals surface area contributed by atoms with E-state index in [2.05, 4.69) is 4.98 Å². The third-order valence-electron chi connectivity index (χ3n) is 1.46. The minimum Gasteiger partial charge on any atom is -0.458 e. The highest BCUT2D eigenvalue weighted by Gasteiger charge is 2.14. The highest BCUT2D eigenvalue weighted by molar-refractivity contribution is 5.89. The van der Waals surface area contributed by atoms with Gasteiger partial charge in [0.15, 0.2) is 5.69 Å². The number of rotatable bonds is 2. The molecule has 0 unspecified atom stereocenters. The largest absolute Gasteiger partial charge is 0.458 e. The quantitative estimate of drug-likeness (QED) is 0.718. The summed E-state index contributed by atoms with van der Waals surface area (Å²) in [5.41, 5.74) is 0.307. The molecule has 1 aromatic rings. The maximum absolute atomic E-state index is 11.4. The van der Waals surface area contributed by atoms with Gasteiger partial charge in [-0.15, -0.1) is 0 Å². The number of carbonyl (C=O) groups excluding carboxylic acids is 1. The summed E-state index contributed by atoms with van der Waals surface area (Å²) in [6.07, 6.45) is 1.24. The van der Waals surface area contributed by atoms with Gasteiger partial charge in [0.05, 0.1) is 11.7 Å². The molecule has 1 rings (SSSR count). The second kappa shape index (κ2) is 7.41. The minimum atomic E-state index is -0.558. The Labute approximate surface area is 95.9 Å². The Bertz CT molecular complexity index is 381. The first-order valence-corrected chi connectivity index (χ1v) is 5.21. The van der Waals surface area contributed by atoms with Gasteiger partial charge in [-0.1, -0.05) is 13.8 Å². The van der Waals surface area contributed by atoms with Gasteiger partial charge in [0.2, 0.25) is 0 Å². The summed E-state index contributed by atoms with van der Waals surface area (Å²) in [5.74, 6) is -0.558. The summed E-state index contributed by atoms with van der Waals surface area (Å²) in [4.78, 5) is 15.2. The molecule has 4 nitrogen and oxygen atoms in total. The Hall–Kier alpha value is -1.89. The maximum atomic E-state index is 11.4. The molecule has 0 aliphatic rings. The molecule has 0 radical (unpaired) electrons. The molecule has 4 heteroatoms. The molecule has 0 aromatic carbocycles. The topological polar surface area (TPSA) is 63.0 Å². The van der Waals surface area contributed by atoms with E-state index in [0.29, 0.717) is 0 Å². The lowest BCUT2D eigenvalue weighted by atomic mass is 10.2. The van der Waals surface area contributed by atoms with Crippen LogP contribution in [0, 0.1) is 11.3 Å². The fourth-order valence-corrected chi connectivity index (χ4v) is 0.928. The van der Waals surface area contributed by atoms with E-state index in [1.807, 2.05) is 19.9 Å². The Kier molecular flexibility index (Phi) is 6.53. The summed E-state index contributed by atoms with van der Waals surface area (Å²) in [6.45, 7) is 7.49. The SMILES string of the molecule is CC.CC(C)OC(=O)c1ncccc1C#N. The molecular formula is C12H16N2O2. The van der Waals surface area contributed by atoms with Crippen molar-refractivity contribution in [3.8, 4) is 6.07 Å². The molecule has 0 saturated heterocycles. The lowest BCUT2D eigenvalue weighted by Crippen LogP contribution is -2.14. The van der Waals surface area contributed by atoms with E-state index in [1.54, 1.807) is 19.9 Å². The van der Waals surface area contributed by atoms with Gasteiger partial charge in [0.25, 0.3) is 0 Å². The first-order chi connectivity index (χ1) is 7.65. The molecule has 0 atom stereocenters. The Morgan fingerprint density at radius 3 is 2.62 bits per heavy atom. The molecule has 86 valence electrons. The fraction of sp³-hybridized carbons (Fsp3) is 0.417. The van der Waals surface area contributed by atoms with Crippen molar-refractivity contribution in [2.45, 2.75) is 33.8 Å². The van der Waals surface area contributed by atoms with Crippen LogP contribution in [-0.2, 0) is 4.74 Å². The van der Waals surface area contributed by atoms with Crippen LogP contribution in [0.15, 0.2) is 18.3 Å². The molecule has 0 spiro atoms. The summed E-state index contributed by atoms with van der Waals surface area (Å²) < 4.78 is 4.93. The summed E-state index contributed by atoms with van der Waals surface area (Å²) in [5, 5.41) is 8.70. The molecule has 0 bridgehead atoms. The van der Waals surface area contributed by atoms with Crippen LogP contribution in [0.25, 0.3) is 0 Å². The number of pyridine rings is 1. The van der Waals surface area contributed by atoms with E-state index < -0.39 is 5.97 Å². The monoisotopic (exact) mass is 220 g/mol. The normalized spacial score (nSPS) is 8.75. The highest BCUT2D eigenvalue weighted by atomic mass is 16.5. The predicted molar refractivity (Wildman–Crippen MR) is 60.9 cm³/mol. The van der Waals surface area contributed by atoms with Crippen LogP contribution in [-0.4, -0.2) is 17.1 Å². The van der Waals surface area contributed by atoms with Gasteiger partial charge in [-0.05, 0) is 26.0 Å². The molecule has 16 heavy (non-hydrogen) atoms. The van der Waals surface area contributed by atoms with Crippen molar-refractivity contribution in [3.05, 3.63) is 29.6 Å². The second-order valence-electron chi connectivity index (χ2n) is 2.97. The molecule has 0 N–H and O–H groups in total. The van der Waals surface area contributed by atoms with E-state index in [1.165, 1.54) is 12.3 Å². The lowest BCUT2D eigenvalue weighted by molar-refractivity contribution is 0.0370. The molecule has 1 aromatic heterocycles. The average Bonchev–Trinajstić information content (AvgIpc) is 2.30. The van der Waals surface area contributed by atoms with Gasteiger partial charge in [0.1, 0.15) is 6.07 Å². The van der Waals surface area contributed by atoms with Crippen molar-refractivity contribution in [1.82, 2.24) is 4.98 Å². The van der Waals surface area contributed by atoms with E-state index in [-0.39, 0.29) is 17.4 Å². The van der Waals surface area contributed by atoms with Crippen LogP contribution >= 0.6 is 0 Å². The Balaban J connectivity index is 0.00000106. The van der Waals surface area contributed by atoms with Gasteiger partial charge in [-0.2, -0.15) is 5.26 Å². The van der Waals surface area contributed by atoms with Gasteiger partial charge >= 0.3 is 5.97 Å². The van der Waals surface area contributed by atoms with E-state index >= 15 is 0 Å². The molecule has 0 amide bonds. The zero-order valence-corrected chi connectivity index (χ0v) is 10.0. The van der Waals surface area contributed by atoms with E-state index in [0.717, 1.165) is 0 Å². The van der Waals surface area contributed by atoms with Gasteiger partial charge in [-0.3, -0.25) is 0 Å². The number of aromatic nitrogens is 1. The summed E-state index contributed by atoms with van der Waals surface area (Å²) in [6, 6.07) is 5.02. The van der Waals surface area contributed by atoms with E-state index in [9.17, 15) is 4.79 Å². The van der Waals surface area contributed by atoms with Gasteiger partial charge in [-0.25, -0.2) is 9.78 Å². The first-order valence-electron chi connectivity index (χ1n) is 5.21. The minimum absolute atomic E-state index is 0.0729. The number of hydrogen-bond donors (Lipinski definition) is 0. The zero-order chi connectivity index (χ0) is 12.6. The van der Waals surface area contributed by atoms with E-state index in [4.69, 9.17) is 10.00 Å². The van der Waals surface area contributed by atoms with Crippen LogP contribution in [0.1, 0.15) is 43.7 Å². The van der Waals surface area contributed by atoms with Crippen LogP contribution in [0.3, 0.4) is 0 Å². The van der Waals surface area contributed by atoms with Crippen LogP contribution in [0.2, 0.25) is 0 Å². The average molecular weight is 220 g/mol. The zero-order valence-electron chi connectivity index (χ0n) is 10.0. The smallest absolute Gasteiger partial charge is 0.358 e. The summed E-state index contributed by atoms with van der Waals surface area (Å²) >= 11 is 0. The molecule has 0 saturated carbocycles. The number of hydrogen-bond acceptors (Lipinski definition) is 4. The Morgan fingerprint density at radius 1 is 1.50 bits per heavy atom. The van der Waals surface area contributed by atoms with Crippen molar-refractivity contribution in [1.29, 1.82) is 5.26 Å². The van der Waals surface area contributed by atoms with Crippen LogP contribution in [0.4, 0.5) is 0 Å². The van der Waals surface area contributed by atoms with Crippen molar-refractivity contribution in [3.63, 3.8) is 0 Å². The maximum Gasteiger partial charge on any atom is 0.358 e. The van der Waals surface area contributed by atoms with Gasteiger partial charge in [0, 0.05) is 6.20 Å². The lowest BCUT2D eigenvalue weighted by Gasteiger charge is -2.07. The Morgan fingerprint density at radius 2 is 2.12 bits per heavy atom.